The Morgan fingerprint density at radius 1 is 1.35 bits per heavy atom. The summed E-state index contributed by atoms with van der Waals surface area (Å²) in [6, 6.07) is 5.47. The van der Waals surface area contributed by atoms with Crippen molar-refractivity contribution < 1.29 is 19.4 Å². The number of aliphatic carboxylic acids is 1. The van der Waals surface area contributed by atoms with Gasteiger partial charge in [-0.2, -0.15) is 0 Å². The highest BCUT2D eigenvalue weighted by atomic mass is 79.9. The number of esters is 1. The van der Waals surface area contributed by atoms with Crippen molar-refractivity contribution in [2.75, 3.05) is 24.6 Å². The minimum Gasteiger partial charge on any atom is -0.480 e. The monoisotopic (exact) mass is 407 g/mol. The lowest BCUT2D eigenvalue weighted by atomic mass is 10.2. The summed E-state index contributed by atoms with van der Waals surface area (Å²) in [6.45, 7) is 2.14. The lowest BCUT2D eigenvalue weighted by molar-refractivity contribution is -0.143. The first-order valence-electron chi connectivity index (χ1n) is 6.01. The first-order valence-corrected chi connectivity index (χ1v) is 7.60. The predicted molar refractivity (Wildman–Crippen MR) is 82.9 cm³/mol. The molecule has 0 spiro atoms. The molecule has 0 aliphatic carbocycles. The molecule has 1 aromatic carbocycles. The number of halogens is 2. The molecular weight excluding hydrogens is 394 g/mol. The quantitative estimate of drug-likeness (QED) is 0.702. The van der Waals surface area contributed by atoms with Gasteiger partial charge < -0.3 is 14.7 Å². The van der Waals surface area contributed by atoms with Crippen LogP contribution in [0.4, 0.5) is 5.69 Å². The molecule has 0 fully saturated rings. The second-order valence-corrected chi connectivity index (χ2v) is 5.74. The number of ether oxygens (including phenoxy) is 1. The van der Waals surface area contributed by atoms with Crippen molar-refractivity contribution in [2.24, 2.45) is 0 Å². The van der Waals surface area contributed by atoms with E-state index in [1.807, 2.05) is 12.1 Å². The minimum atomic E-state index is -0.958. The van der Waals surface area contributed by atoms with Crippen LogP contribution in [0.3, 0.4) is 0 Å². The van der Waals surface area contributed by atoms with Crippen LogP contribution in [0.2, 0.25) is 0 Å². The van der Waals surface area contributed by atoms with E-state index in [1.165, 1.54) is 0 Å². The largest absolute Gasteiger partial charge is 0.480 e. The number of carbonyl (C=O) groups excluding carboxylic acids is 1. The van der Waals surface area contributed by atoms with Crippen LogP contribution in [0.5, 0.6) is 0 Å². The molecule has 0 aliphatic heterocycles. The summed E-state index contributed by atoms with van der Waals surface area (Å²) >= 11 is 6.74. The van der Waals surface area contributed by atoms with Crippen LogP contribution in [-0.4, -0.2) is 36.7 Å². The maximum absolute atomic E-state index is 11.4. The van der Waals surface area contributed by atoms with Gasteiger partial charge in [-0.1, -0.05) is 15.9 Å². The molecule has 0 amide bonds. The summed E-state index contributed by atoms with van der Waals surface area (Å²) in [5.74, 6) is -1.30. The second kappa shape index (κ2) is 8.26. The summed E-state index contributed by atoms with van der Waals surface area (Å²) < 4.78 is 6.46. The fraction of sp³-hybridized carbons (Fsp3) is 0.385. The van der Waals surface area contributed by atoms with Crippen LogP contribution in [-0.2, 0) is 14.3 Å². The number of hydrogen-bond donors (Lipinski definition) is 1. The standard InChI is InChI=1S/C13H15Br2NO4/c1-2-20-13(19)5-6-16(8-12(17)18)11-7-9(14)3-4-10(11)15/h3-4,7H,2,5-6,8H2,1H3,(H,17,18). The molecule has 0 radical (unpaired) electrons. The van der Waals surface area contributed by atoms with E-state index in [2.05, 4.69) is 31.9 Å². The molecule has 20 heavy (non-hydrogen) atoms. The van der Waals surface area contributed by atoms with Crippen LogP contribution in [0, 0.1) is 0 Å². The Balaban J connectivity index is 2.85. The lowest BCUT2D eigenvalue weighted by Crippen LogP contribution is -2.32. The zero-order valence-electron chi connectivity index (χ0n) is 10.9. The van der Waals surface area contributed by atoms with Crippen molar-refractivity contribution in [3.8, 4) is 0 Å². The molecule has 0 saturated heterocycles. The van der Waals surface area contributed by atoms with Gasteiger partial charge in [-0.25, -0.2) is 0 Å². The summed E-state index contributed by atoms with van der Waals surface area (Å²) in [7, 11) is 0. The van der Waals surface area contributed by atoms with Crippen molar-refractivity contribution in [1.29, 1.82) is 0 Å². The van der Waals surface area contributed by atoms with E-state index >= 15 is 0 Å². The molecule has 1 aromatic rings. The van der Waals surface area contributed by atoms with Crippen molar-refractivity contribution in [1.82, 2.24) is 0 Å². The highest BCUT2D eigenvalue weighted by molar-refractivity contribution is 9.11. The molecular formula is C13H15Br2NO4. The van der Waals surface area contributed by atoms with E-state index in [1.54, 1.807) is 17.9 Å². The van der Waals surface area contributed by atoms with E-state index in [0.717, 1.165) is 8.95 Å². The first kappa shape index (κ1) is 17.0. The highest BCUT2D eigenvalue weighted by Gasteiger charge is 2.16. The Morgan fingerprint density at radius 2 is 2.05 bits per heavy atom. The Bertz CT molecular complexity index is 493. The minimum absolute atomic E-state index is 0.139. The third-order valence-electron chi connectivity index (χ3n) is 2.47. The number of carbonyl (C=O) groups is 2. The average molecular weight is 409 g/mol. The third kappa shape index (κ3) is 5.50. The number of carboxylic acid groups (broad SMARTS) is 1. The van der Waals surface area contributed by atoms with Gasteiger partial charge in [0.2, 0.25) is 0 Å². The van der Waals surface area contributed by atoms with Crippen LogP contribution >= 0.6 is 31.9 Å². The summed E-state index contributed by atoms with van der Waals surface area (Å²) in [5.41, 5.74) is 0.714. The SMILES string of the molecule is CCOC(=O)CCN(CC(=O)O)c1cc(Br)ccc1Br. The summed E-state index contributed by atoms with van der Waals surface area (Å²) in [5, 5.41) is 8.99. The van der Waals surface area contributed by atoms with Gasteiger partial charge in [0.25, 0.3) is 0 Å². The van der Waals surface area contributed by atoms with Gasteiger partial charge in [0.1, 0.15) is 6.54 Å². The van der Waals surface area contributed by atoms with Crippen LogP contribution in [0.15, 0.2) is 27.1 Å². The molecule has 1 rings (SSSR count). The van der Waals surface area contributed by atoms with Crippen molar-refractivity contribution in [3.05, 3.63) is 27.1 Å². The lowest BCUT2D eigenvalue weighted by Gasteiger charge is -2.24. The highest BCUT2D eigenvalue weighted by Crippen LogP contribution is 2.29. The molecule has 0 heterocycles. The van der Waals surface area contributed by atoms with Crippen molar-refractivity contribution in [3.63, 3.8) is 0 Å². The topological polar surface area (TPSA) is 66.8 Å². The molecule has 0 unspecified atom stereocenters. The number of hydrogen-bond acceptors (Lipinski definition) is 4. The van der Waals surface area contributed by atoms with Gasteiger partial charge in [-0.15, -0.1) is 0 Å². The summed E-state index contributed by atoms with van der Waals surface area (Å²) in [4.78, 5) is 24.0. The van der Waals surface area contributed by atoms with E-state index in [0.29, 0.717) is 12.3 Å². The van der Waals surface area contributed by atoms with E-state index in [9.17, 15) is 9.59 Å². The van der Waals surface area contributed by atoms with Gasteiger partial charge in [0.15, 0.2) is 0 Å². The third-order valence-corrected chi connectivity index (χ3v) is 3.63. The number of carboxylic acids is 1. The Morgan fingerprint density at radius 3 is 2.65 bits per heavy atom. The number of nitrogens with zero attached hydrogens (tertiary/aromatic N) is 1. The number of rotatable bonds is 7. The van der Waals surface area contributed by atoms with Gasteiger partial charge in [-0.3, -0.25) is 9.59 Å². The van der Waals surface area contributed by atoms with Gasteiger partial charge >= 0.3 is 11.9 Å². The molecule has 110 valence electrons. The molecule has 0 aromatic heterocycles. The predicted octanol–water partition coefficient (Wildman–Crippen LogP) is 3.06. The molecule has 0 saturated carbocycles. The molecule has 5 nitrogen and oxygen atoms in total. The molecule has 0 aliphatic rings. The molecule has 0 atom stereocenters. The molecule has 7 heteroatoms. The number of anilines is 1. The fourth-order valence-corrected chi connectivity index (χ4v) is 2.48. The maximum atomic E-state index is 11.4. The zero-order chi connectivity index (χ0) is 15.1. The second-order valence-electron chi connectivity index (χ2n) is 3.97. The average Bonchev–Trinajstić information content (AvgIpc) is 2.37. The maximum Gasteiger partial charge on any atom is 0.323 e. The number of benzene rings is 1. The molecule has 0 bridgehead atoms. The molecule has 1 N–H and O–H groups in total. The van der Waals surface area contributed by atoms with Gasteiger partial charge in [0.05, 0.1) is 18.7 Å². The van der Waals surface area contributed by atoms with Crippen LogP contribution < -0.4 is 4.90 Å². The van der Waals surface area contributed by atoms with E-state index in [4.69, 9.17) is 9.84 Å². The van der Waals surface area contributed by atoms with Gasteiger partial charge in [0, 0.05) is 15.5 Å². The van der Waals surface area contributed by atoms with E-state index < -0.39 is 5.97 Å². The van der Waals surface area contributed by atoms with Crippen LogP contribution in [0.25, 0.3) is 0 Å². The summed E-state index contributed by atoms with van der Waals surface area (Å²) in [6.07, 6.45) is 0.139. The zero-order valence-corrected chi connectivity index (χ0v) is 14.1. The van der Waals surface area contributed by atoms with Crippen molar-refractivity contribution in [2.45, 2.75) is 13.3 Å². The van der Waals surface area contributed by atoms with Crippen LogP contribution in [0.1, 0.15) is 13.3 Å². The first-order chi connectivity index (χ1) is 9.43. The fourth-order valence-electron chi connectivity index (χ4n) is 1.64. The Kier molecular flexibility index (Phi) is 7.01. The Labute approximate surface area is 134 Å². The van der Waals surface area contributed by atoms with Gasteiger partial charge in [-0.05, 0) is 41.1 Å². The van der Waals surface area contributed by atoms with Crippen molar-refractivity contribution >= 4 is 49.5 Å². The normalized spacial score (nSPS) is 10.2. The smallest absolute Gasteiger partial charge is 0.323 e. The Hall–Kier alpha value is -1.08. The van der Waals surface area contributed by atoms with E-state index in [-0.39, 0.29) is 25.5 Å².